The lowest BCUT2D eigenvalue weighted by Gasteiger charge is -2.22. The quantitative estimate of drug-likeness (QED) is 0.580. The predicted molar refractivity (Wildman–Crippen MR) is 116 cm³/mol. The van der Waals surface area contributed by atoms with E-state index in [-0.39, 0.29) is 24.0 Å². The van der Waals surface area contributed by atoms with Crippen LogP contribution < -0.4 is 0 Å². The number of carbonyl (C=O) groups is 1. The van der Waals surface area contributed by atoms with Crippen LogP contribution in [0.3, 0.4) is 0 Å². The molecule has 1 aliphatic heterocycles. The van der Waals surface area contributed by atoms with E-state index in [1.165, 1.54) is 12.1 Å². The maximum Gasteiger partial charge on any atom is 0.227 e. The molecule has 6 nitrogen and oxygen atoms in total. The van der Waals surface area contributed by atoms with E-state index in [1.54, 1.807) is 31.2 Å². The van der Waals surface area contributed by atoms with Crippen molar-refractivity contribution in [3.05, 3.63) is 71.1 Å². The zero-order chi connectivity index (χ0) is 22.5. The topological polar surface area (TPSA) is 62.5 Å². The molecule has 4 rings (SSSR count). The van der Waals surface area contributed by atoms with Crippen molar-refractivity contribution < 1.29 is 18.1 Å². The van der Waals surface area contributed by atoms with Gasteiger partial charge in [-0.2, -0.15) is 4.98 Å². The second kappa shape index (κ2) is 9.99. The Morgan fingerprint density at radius 3 is 2.72 bits per heavy atom. The number of aromatic nitrogens is 2. The first-order valence-electron chi connectivity index (χ1n) is 10.8. The van der Waals surface area contributed by atoms with Crippen LogP contribution >= 0.6 is 0 Å². The highest BCUT2D eigenvalue weighted by molar-refractivity contribution is 5.76. The number of benzene rings is 2. The Balaban J connectivity index is 1.28. The van der Waals surface area contributed by atoms with E-state index in [9.17, 15) is 13.6 Å². The predicted octanol–water partition coefficient (Wildman–Crippen LogP) is 3.99. The van der Waals surface area contributed by atoms with Crippen molar-refractivity contribution in [2.24, 2.45) is 0 Å². The zero-order valence-corrected chi connectivity index (χ0v) is 18.1. The fourth-order valence-corrected chi connectivity index (χ4v) is 3.82. The molecule has 3 aromatic rings. The van der Waals surface area contributed by atoms with Crippen molar-refractivity contribution in [3.8, 4) is 11.4 Å². The van der Waals surface area contributed by atoms with Crippen molar-refractivity contribution >= 4 is 5.91 Å². The molecule has 0 atom stereocenters. The van der Waals surface area contributed by atoms with Gasteiger partial charge in [0.1, 0.15) is 11.6 Å². The van der Waals surface area contributed by atoms with Crippen LogP contribution in [0.4, 0.5) is 8.78 Å². The van der Waals surface area contributed by atoms with Gasteiger partial charge in [0.25, 0.3) is 0 Å². The maximum absolute atomic E-state index is 13.9. The van der Waals surface area contributed by atoms with E-state index in [2.05, 4.69) is 15.0 Å². The molecule has 0 radical (unpaired) electrons. The Morgan fingerprint density at radius 2 is 1.91 bits per heavy atom. The number of amides is 1. The molecule has 168 valence electrons. The van der Waals surface area contributed by atoms with Crippen molar-refractivity contribution in [2.45, 2.75) is 32.7 Å². The van der Waals surface area contributed by atoms with Crippen molar-refractivity contribution in [3.63, 3.8) is 0 Å². The van der Waals surface area contributed by atoms with E-state index in [4.69, 9.17) is 4.52 Å². The molecule has 0 bridgehead atoms. The molecule has 1 saturated heterocycles. The van der Waals surface area contributed by atoms with E-state index < -0.39 is 0 Å². The van der Waals surface area contributed by atoms with Gasteiger partial charge in [0.15, 0.2) is 0 Å². The van der Waals surface area contributed by atoms with Crippen LogP contribution in [-0.2, 0) is 17.8 Å². The Morgan fingerprint density at radius 1 is 1.06 bits per heavy atom. The molecule has 0 unspecified atom stereocenters. The Kier molecular flexibility index (Phi) is 6.90. The van der Waals surface area contributed by atoms with Crippen LogP contribution in [0.5, 0.6) is 0 Å². The lowest BCUT2D eigenvalue weighted by atomic mass is 10.1. The third-order valence-electron chi connectivity index (χ3n) is 5.74. The molecule has 0 spiro atoms. The van der Waals surface area contributed by atoms with Crippen LogP contribution in [0.25, 0.3) is 11.4 Å². The first-order valence-corrected chi connectivity index (χ1v) is 10.8. The standard InChI is InChI=1S/C24H26F2N4O2/c1-17-7-8-18(15-21(17)26)24-27-22(32-28-24)9-10-23(31)30-12-4-11-29(13-14-30)16-19-5-2-3-6-20(19)25/h2-3,5-8,15H,4,9-14,16H2,1H3. The summed E-state index contributed by atoms with van der Waals surface area (Å²) < 4.78 is 33.0. The van der Waals surface area contributed by atoms with Crippen molar-refractivity contribution in [1.29, 1.82) is 0 Å². The van der Waals surface area contributed by atoms with E-state index in [1.807, 2.05) is 11.0 Å². The van der Waals surface area contributed by atoms with Gasteiger partial charge in [-0.3, -0.25) is 9.69 Å². The van der Waals surface area contributed by atoms with Gasteiger partial charge < -0.3 is 9.42 Å². The molecule has 32 heavy (non-hydrogen) atoms. The highest BCUT2D eigenvalue weighted by Gasteiger charge is 2.21. The fraction of sp³-hybridized carbons (Fsp3) is 0.375. The molecule has 0 N–H and O–H groups in total. The van der Waals surface area contributed by atoms with Gasteiger partial charge in [-0.15, -0.1) is 0 Å². The average Bonchev–Trinajstić information content (AvgIpc) is 3.14. The molecule has 8 heteroatoms. The monoisotopic (exact) mass is 440 g/mol. The Labute approximate surface area is 185 Å². The van der Waals surface area contributed by atoms with Gasteiger partial charge in [-0.1, -0.05) is 35.5 Å². The zero-order valence-electron chi connectivity index (χ0n) is 18.1. The molecule has 0 aliphatic carbocycles. The number of carbonyl (C=O) groups excluding carboxylic acids is 1. The summed E-state index contributed by atoms with van der Waals surface area (Å²) in [6.45, 7) is 5.02. The Bertz CT molecular complexity index is 1090. The summed E-state index contributed by atoms with van der Waals surface area (Å²) in [5.41, 5.74) is 1.76. The van der Waals surface area contributed by atoms with Crippen LogP contribution in [-0.4, -0.2) is 52.0 Å². The number of rotatable bonds is 6. The van der Waals surface area contributed by atoms with Gasteiger partial charge in [-0.05, 0) is 31.0 Å². The van der Waals surface area contributed by atoms with Crippen molar-refractivity contribution in [1.82, 2.24) is 19.9 Å². The summed E-state index contributed by atoms with van der Waals surface area (Å²) in [6.07, 6.45) is 1.43. The minimum atomic E-state index is -0.325. The van der Waals surface area contributed by atoms with Gasteiger partial charge in [0.05, 0.1) is 0 Å². The second-order valence-electron chi connectivity index (χ2n) is 8.08. The Hall–Kier alpha value is -3.13. The van der Waals surface area contributed by atoms with Gasteiger partial charge in [0.2, 0.25) is 17.6 Å². The molecule has 2 aromatic carbocycles. The molecular weight excluding hydrogens is 414 g/mol. The molecule has 1 fully saturated rings. The third-order valence-corrected chi connectivity index (χ3v) is 5.74. The van der Waals surface area contributed by atoms with Gasteiger partial charge >= 0.3 is 0 Å². The molecule has 1 amide bonds. The summed E-state index contributed by atoms with van der Waals surface area (Å²) in [4.78, 5) is 21.0. The van der Waals surface area contributed by atoms with Crippen molar-refractivity contribution in [2.75, 3.05) is 26.2 Å². The summed E-state index contributed by atoms with van der Waals surface area (Å²) >= 11 is 0. The maximum atomic E-state index is 13.9. The molecular formula is C24H26F2N4O2. The number of halogens is 2. The molecule has 0 saturated carbocycles. The first-order chi connectivity index (χ1) is 15.5. The third kappa shape index (κ3) is 5.37. The fourth-order valence-electron chi connectivity index (χ4n) is 3.82. The van der Waals surface area contributed by atoms with Crippen LogP contribution in [0.1, 0.15) is 29.9 Å². The summed E-state index contributed by atoms with van der Waals surface area (Å²) in [7, 11) is 0. The minimum absolute atomic E-state index is 0.0267. The minimum Gasteiger partial charge on any atom is -0.341 e. The number of hydrogen-bond donors (Lipinski definition) is 0. The molecule has 1 aromatic heterocycles. The lowest BCUT2D eigenvalue weighted by molar-refractivity contribution is -0.131. The highest BCUT2D eigenvalue weighted by atomic mass is 19.1. The highest BCUT2D eigenvalue weighted by Crippen LogP contribution is 2.20. The number of aryl methyl sites for hydroxylation is 2. The first kappa shape index (κ1) is 22.1. The smallest absolute Gasteiger partial charge is 0.227 e. The second-order valence-corrected chi connectivity index (χ2v) is 8.08. The van der Waals surface area contributed by atoms with E-state index in [0.29, 0.717) is 61.0 Å². The SMILES string of the molecule is Cc1ccc(-c2noc(CCC(=O)N3CCCN(Cc4ccccc4F)CC3)n2)cc1F. The number of hydrogen-bond acceptors (Lipinski definition) is 5. The number of nitrogens with zero attached hydrogens (tertiary/aromatic N) is 4. The van der Waals surface area contributed by atoms with E-state index >= 15 is 0 Å². The van der Waals surface area contributed by atoms with Crippen LogP contribution in [0.2, 0.25) is 0 Å². The van der Waals surface area contributed by atoms with Gasteiger partial charge in [-0.25, -0.2) is 8.78 Å². The van der Waals surface area contributed by atoms with Crippen LogP contribution in [0, 0.1) is 18.6 Å². The average molecular weight is 440 g/mol. The summed E-state index contributed by atoms with van der Waals surface area (Å²) in [5, 5.41) is 3.90. The van der Waals surface area contributed by atoms with Gasteiger partial charge in [0, 0.05) is 56.7 Å². The molecule has 1 aliphatic rings. The summed E-state index contributed by atoms with van der Waals surface area (Å²) in [5.74, 6) is 0.167. The van der Waals surface area contributed by atoms with E-state index in [0.717, 1.165) is 13.0 Å². The van der Waals surface area contributed by atoms with Crippen LogP contribution in [0.15, 0.2) is 47.0 Å². The normalized spacial score (nSPS) is 15.0. The summed E-state index contributed by atoms with van der Waals surface area (Å²) in [6, 6.07) is 11.6. The largest absolute Gasteiger partial charge is 0.341 e. The molecule has 2 heterocycles. The lowest BCUT2D eigenvalue weighted by Crippen LogP contribution is -2.35.